The van der Waals surface area contributed by atoms with Gasteiger partial charge in [-0.15, -0.1) is 0 Å². The number of para-hydroxylation sites is 3. The maximum absolute atomic E-state index is 6.19. The average molecular weight is 407 g/mol. The highest BCUT2D eigenvalue weighted by atomic mass is 35.5. The Bertz CT molecular complexity index is 1550. The summed E-state index contributed by atoms with van der Waals surface area (Å²) in [4.78, 5) is 8.81. The number of hydrogen-bond donors (Lipinski definition) is 0. The molecule has 0 bridgehead atoms. The van der Waals surface area contributed by atoms with Gasteiger partial charge in [0, 0.05) is 27.3 Å². The molecule has 6 rings (SSSR count). The van der Waals surface area contributed by atoms with E-state index in [4.69, 9.17) is 16.0 Å². The topological polar surface area (TPSA) is 38.9 Å². The van der Waals surface area contributed by atoms with E-state index in [1.807, 2.05) is 42.5 Å². The fourth-order valence-corrected chi connectivity index (χ4v) is 4.23. The van der Waals surface area contributed by atoms with Crippen LogP contribution < -0.4 is 0 Å². The van der Waals surface area contributed by atoms with E-state index in [1.165, 1.54) is 0 Å². The van der Waals surface area contributed by atoms with Crippen molar-refractivity contribution in [3.05, 3.63) is 96.3 Å². The summed E-state index contributed by atoms with van der Waals surface area (Å²) < 4.78 is 6.19. The van der Waals surface area contributed by atoms with Crippen LogP contribution in [0.1, 0.15) is 0 Å². The summed E-state index contributed by atoms with van der Waals surface area (Å²) in [5.41, 5.74) is 6.63. The molecule has 0 aliphatic carbocycles. The van der Waals surface area contributed by atoms with Crippen LogP contribution in [0.4, 0.5) is 0 Å². The van der Waals surface area contributed by atoms with Crippen LogP contribution in [0.25, 0.3) is 55.2 Å². The Labute approximate surface area is 177 Å². The van der Waals surface area contributed by atoms with Crippen LogP contribution in [0.2, 0.25) is 5.28 Å². The Morgan fingerprint density at radius 1 is 0.600 bits per heavy atom. The second-order valence-corrected chi connectivity index (χ2v) is 7.55. The molecule has 0 aliphatic heterocycles. The third-order valence-electron chi connectivity index (χ3n) is 5.45. The summed E-state index contributed by atoms with van der Waals surface area (Å²) in [6, 6.07) is 30.7. The molecule has 0 unspecified atom stereocenters. The minimum Gasteiger partial charge on any atom is -0.455 e. The molecule has 4 heteroatoms. The Morgan fingerprint density at radius 2 is 1.30 bits per heavy atom. The van der Waals surface area contributed by atoms with E-state index in [0.717, 1.165) is 55.2 Å². The Kier molecular flexibility index (Phi) is 3.83. The molecule has 0 atom stereocenters. The Morgan fingerprint density at radius 3 is 2.17 bits per heavy atom. The molecule has 0 fully saturated rings. The maximum Gasteiger partial charge on any atom is 0.223 e. The molecule has 0 N–H and O–H groups in total. The number of rotatable bonds is 2. The number of furan rings is 1. The second kappa shape index (κ2) is 6.68. The van der Waals surface area contributed by atoms with Crippen LogP contribution in [-0.2, 0) is 0 Å². The van der Waals surface area contributed by atoms with E-state index in [1.54, 1.807) is 0 Å². The van der Waals surface area contributed by atoms with Crippen molar-refractivity contribution in [2.45, 2.75) is 0 Å². The molecular weight excluding hydrogens is 392 g/mol. The van der Waals surface area contributed by atoms with Crippen molar-refractivity contribution >= 4 is 44.4 Å². The second-order valence-electron chi connectivity index (χ2n) is 7.22. The van der Waals surface area contributed by atoms with Crippen LogP contribution in [0, 0.1) is 0 Å². The van der Waals surface area contributed by atoms with Crippen LogP contribution in [0.3, 0.4) is 0 Å². The van der Waals surface area contributed by atoms with Crippen molar-refractivity contribution in [1.82, 2.24) is 9.97 Å². The normalized spacial score (nSPS) is 11.5. The van der Waals surface area contributed by atoms with Gasteiger partial charge >= 0.3 is 0 Å². The Balaban J connectivity index is 1.50. The number of nitrogens with zero attached hydrogens (tertiary/aromatic N) is 2. The lowest BCUT2D eigenvalue weighted by atomic mass is 9.99. The van der Waals surface area contributed by atoms with Gasteiger partial charge in [0.1, 0.15) is 11.2 Å². The molecule has 2 heterocycles. The van der Waals surface area contributed by atoms with Crippen LogP contribution in [0.15, 0.2) is 95.4 Å². The molecule has 30 heavy (non-hydrogen) atoms. The number of halogens is 1. The molecule has 142 valence electrons. The summed E-state index contributed by atoms with van der Waals surface area (Å²) in [5.74, 6) is 0. The molecule has 2 aromatic heterocycles. The fourth-order valence-electron chi connectivity index (χ4n) is 4.05. The van der Waals surface area contributed by atoms with Gasteiger partial charge in [0.2, 0.25) is 5.28 Å². The molecular formula is C26H15ClN2O. The van der Waals surface area contributed by atoms with Gasteiger partial charge < -0.3 is 4.42 Å². The first-order valence-electron chi connectivity index (χ1n) is 9.71. The highest BCUT2D eigenvalue weighted by Gasteiger charge is 2.13. The molecule has 0 radical (unpaired) electrons. The van der Waals surface area contributed by atoms with Gasteiger partial charge in [-0.3, -0.25) is 0 Å². The van der Waals surface area contributed by atoms with Crippen LogP contribution in [-0.4, -0.2) is 9.97 Å². The minimum atomic E-state index is 0.250. The zero-order valence-electron chi connectivity index (χ0n) is 15.8. The van der Waals surface area contributed by atoms with Crippen molar-refractivity contribution in [3.63, 3.8) is 0 Å². The quantitative estimate of drug-likeness (QED) is 0.279. The first-order chi connectivity index (χ1) is 14.8. The van der Waals surface area contributed by atoms with Crippen molar-refractivity contribution in [2.75, 3.05) is 0 Å². The lowest BCUT2D eigenvalue weighted by Gasteiger charge is -2.08. The van der Waals surface area contributed by atoms with E-state index in [-0.39, 0.29) is 5.28 Å². The average Bonchev–Trinajstić information content (AvgIpc) is 3.17. The van der Waals surface area contributed by atoms with E-state index in [2.05, 4.69) is 58.5 Å². The number of hydrogen-bond acceptors (Lipinski definition) is 3. The molecule has 0 aliphatic rings. The highest BCUT2D eigenvalue weighted by molar-refractivity contribution is 6.28. The third-order valence-corrected chi connectivity index (χ3v) is 5.62. The summed E-state index contributed by atoms with van der Waals surface area (Å²) in [5, 5.41) is 3.49. The van der Waals surface area contributed by atoms with E-state index in [9.17, 15) is 0 Å². The maximum atomic E-state index is 6.19. The van der Waals surface area contributed by atoms with E-state index >= 15 is 0 Å². The van der Waals surface area contributed by atoms with Gasteiger partial charge in [-0.25, -0.2) is 9.97 Å². The molecule has 4 aromatic carbocycles. The Hall–Kier alpha value is -3.69. The molecule has 0 spiro atoms. The monoisotopic (exact) mass is 406 g/mol. The third kappa shape index (κ3) is 2.67. The number of fused-ring (bicyclic) bond motifs is 4. The van der Waals surface area contributed by atoms with E-state index in [0.29, 0.717) is 0 Å². The zero-order valence-corrected chi connectivity index (χ0v) is 16.6. The van der Waals surface area contributed by atoms with Gasteiger partial charge in [-0.1, -0.05) is 78.9 Å². The first kappa shape index (κ1) is 17.2. The SMILES string of the molecule is Clc1nc(-c2ccc(-c3cccc4c3oc3ccccc34)cc2)c2ccccc2n1. The summed E-state index contributed by atoms with van der Waals surface area (Å²) >= 11 is 6.17. The fraction of sp³-hybridized carbons (Fsp3) is 0. The van der Waals surface area contributed by atoms with Gasteiger partial charge in [0.05, 0.1) is 11.2 Å². The van der Waals surface area contributed by atoms with Crippen molar-refractivity contribution in [3.8, 4) is 22.4 Å². The molecule has 0 saturated heterocycles. The predicted molar refractivity (Wildman–Crippen MR) is 123 cm³/mol. The lowest BCUT2D eigenvalue weighted by molar-refractivity contribution is 0.670. The molecule has 3 nitrogen and oxygen atoms in total. The molecule has 0 saturated carbocycles. The van der Waals surface area contributed by atoms with Gasteiger partial charge in [0.15, 0.2) is 0 Å². The first-order valence-corrected chi connectivity index (χ1v) is 10.1. The van der Waals surface area contributed by atoms with Crippen molar-refractivity contribution < 1.29 is 4.42 Å². The molecule has 0 amide bonds. The predicted octanol–water partition coefficient (Wildman–Crippen LogP) is 7.52. The lowest BCUT2D eigenvalue weighted by Crippen LogP contribution is -1.91. The number of aromatic nitrogens is 2. The number of benzene rings is 4. The van der Waals surface area contributed by atoms with Gasteiger partial charge in [0.25, 0.3) is 0 Å². The molecule has 6 aromatic rings. The highest BCUT2D eigenvalue weighted by Crippen LogP contribution is 2.36. The standard InChI is InChI=1S/C26H15ClN2O/c27-26-28-22-10-3-1-7-21(22)24(29-26)17-14-12-16(13-15-17)18-8-5-9-20-19-6-2-4-11-23(19)30-25(18)20/h1-15H. The van der Waals surface area contributed by atoms with Gasteiger partial charge in [-0.2, -0.15) is 0 Å². The van der Waals surface area contributed by atoms with Crippen molar-refractivity contribution in [1.29, 1.82) is 0 Å². The minimum absolute atomic E-state index is 0.250. The van der Waals surface area contributed by atoms with E-state index < -0.39 is 0 Å². The zero-order chi connectivity index (χ0) is 20.1. The summed E-state index contributed by atoms with van der Waals surface area (Å²) in [6.45, 7) is 0. The van der Waals surface area contributed by atoms with Crippen LogP contribution in [0.5, 0.6) is 0 Å². The van der Waals surface area contributed by atoms with Gasteiger partial charge in [-0.05, 0) is 29.3 Å². The summed E-state index contributed by atoms with van der Waals surface area (Å²) in [7, 11) is 0. The summed E-state index contributed by atoms with van der Waals surface area (Å²) in [6.07, 6.45) is 0. The smallest absolute Gasteiger partial charge is 0.223 e. The largest absolute Gasteiger partial charge is 0.455 e. The van der Waals surface area contributed by atoms with Crippen molar-refractivity contribution in [2.24, 2.45) is 0 Å². The van der Waals surface area contributed by atoms with Crippen LogP contribution >= 0.6 is 11.6 Å².